The van der Waals surface area contributed by atoms with E-state index in [1.54, 1.807) is 24.3 Å². The molecule has 2 aliphatic carbocycles. The molecule has 27 heavy (non-hydrogen) atoms. The van der Waals surface area contributed by atoms with Gasteiger partial charge in [0.15, 0.2) is 0 Å². The van der Waals surface area contributed by atoms with Crippen molar-refractivity contribution >= 4 is 31.9 Å². The minimum atomic E-state index is -3.50. The number of aliphatic carboxylic acids is 1. The number of rotatable bonds is 9. The van der Waals surface area contributed by atoms with Crippen LogP contribution in [0.3, 0.4) is 0 Å². The summed E-state index contributed by atoms with van der Waals surface area (Å²) in [6.07, 6.45) is 9.47. The van der Waals surface area contributed by atoms with E-state index in [0.717, 1.165) is 10.9 Å². The van der Waals surface area contributed by atoms with Crippen molar-refractivity contribution in [3.63, 3.8) is 0 Å². The largest absolute Gasteiger partial charge is 0.481 e. The molecule has 2 bridgehead atoms. The van der Waals surface area contributed by atoms with Crippen LogP contribution in [0.5, 0.6) is 0 Å². The molecule has 2 aliphatic rings. The maximum Gasteiger partial charge on any atom is 0.303 e. The van der Waals surface area contributed by atoms with Gasteiger partial charge >= 0.3 is 5.97 Å². The Morgan fingerprint density at radius 3 is 2.63 bits per heavy atom. The van der Waals surface area contributed by atoms with Crippen LogP contribution in [-0.4, -0.2) is 26.0 Å². The van der Waals surface area contributed by atoms with Gasteiger partial charge in [0.2, 0.25) is 10.0 Å². The average Bonchev–Trinajstić information content (AvgIpc) is 3.21. The number of sulfonamides is 1. The number of carbonyl (C=O) groups is 1. The van der Waals surface area contributed by atoms with E-state index in [-0.39, 0.29) is 11.3 Å². The standard InChI is InChI=1S/C20H26BrNO4S/c21-16-8-10-17(11-9-16)27(25,26)22-13-19-15-7-6-14(12-15)18(19)4-2-1-3-5-20(23)24/h2,4,8-11,14-15,18-19,22H,1,3,5-7,12-13H2,(H,23,24)/b4-2-/t14-,15-,18-,19-/m0/s1. The Hall–Kier alpha value is -1.18. The summed E-state index contributed by atoms with van der Waals surface area (Å²) in [6.45, 7) is 0.462. The normalized spacial score (nSPS) is 27.4. The molecule has 7 heteroatoms. The zero-order chi connectivity index (χ0) is 19.4. The maximum absolute atomic E-state index is 12.6. The van der Waals surface area contributed by atoms with E-state index < -0.39 is 16.0 Å². The smallest absolute Gasteiger partial charge is 0.303 e. The van der Waals surface area contributed by atoms with Crippen molar-refractivity contribution in [2.24, 2.45) is 23.7 Å². The van der Waals surface area contributed by atoms with E-state index in [2.05, 4.69) is 32.8 Å². The summed E-state index contributed by atoms with van der Waals surface area (Å²) in [5.41, 5.74) is 0. The lowest BCUT2D eigenvalue weighted by Crippen LogP contribution is -2.35. The molecule has 0 aliphatic heterocycles. The van der Waals surface area contributed by atoms with E-state index in [1.807, 2.05) is 0 Å². The molecule has 2 fully saturated rings. The van der Waals surface area contributed by atoms with Crippen LogP contribution in [0.4, 0.5) is 0 Å². The third-order valence-corrected chi connectivity index (χ3v) is 7.88. The molecule has 0 heterocycles. The Labute approximate surface area is 169 Å². The Balaban J connectivity index is 1.59. The molecule has 2 N–H and O–H groups in total. The molecule has 5 nitrogen and oxygen atoms in total. The Kier molecular flexibility index (Phi) is 6.76. The number of allylic oxidation sites excluding steroid dienone is 2. The molecule has 0 spiro atoms. The van der Waals surface area contributed by atoms with E-state index in [9.17, 15) is 13.2 Å². The van der Waals surface area contributed by atoms with Gasteiger partial charge in [-0.15, -0.1) is 0 Å². The summed E-state index contributed by atoms with van der Waals surface area (Å²) < 4.78 is 28.8. The highest BCUT2D eigenvalue weighted by atomic mass is 79.9. The predicted molar refractivity (Wildman–Crippen MR) is 108 cm³/mol. The van der Waals surface area contributed by atoms with Gasteiger partial charge < -0.3 is 5.11 Å². The summed E-state index contributed by atoms with van der Waals surface area (Å²) >= 11 is 3.32. The van der Waals surface area contributed by atoms with Crippen molar-refractivity contribution < 1.29 is 18.3 Å². The molecule has 1 aromatic rings. The Bertz CT molecular complexity index is 791. The van der Waals surface area contributed by atoms with Crippen LogP contribution in [0.15, 0.2) is 45.8 Å². The van der Waals surface area contributed by atoms with E-state index >= 15 is 0 Å². The molecular weight excluding hydrogens is 430 g/mol. The summed E-state index contributed by atoms with van der Waals surface area (Å²) in [6, 6.07) is 6.67. The topological polar surface area (TPSA) is 83.5 Å². The van der Waals surface area contributed by atoms with Gasteiger partial charge in [-0.25, -0.2) is 13.1 Å². The zero-order valence-electron chi connectivity index (χ0n) is 15.2. The number of carboxylic acid groups (broad SMARTS) is 1. The first-order valence-corrected chi connectivity index (χ1v) is 11.8. The van der Waals surface area contributed by atoms with Gasteiger partial charge in [-0.1, -0.05) is 28.1 Å². The third kappa shape index (κ3) is 5.21. The highest BCUT2D eigenvalue weighted by Gasteiger charge is 2.46. The lowest BCUT2D eigenvalue weighted by atomic mass is 9.79. The van der Waals surface area contributed by atoms with E-state index in [0.29, 0.717) is 36.6 Å². The zero-order valence-corrected chi connectivity index (χ0v) is 17.6. The molecule has 4 atom stereocenters. The van der Waals surface area contributed by atoms with Crippen molar-refractivity contribution in [2.75, 3.05) is 6.54 Å². The van der Waals surface area contributed by atoms with Crippen LogP contribution in [-0.2, 0) is 14.8 Å². The number of hydrogen-bond acceptors (Lipinski definition) is 3. The minimum absolute atomic E-state index is 0.192. The first kappa shape index (κ1) is 20.6. The lowest BCUT2D eigenvalue weighted by molar-refractivity contribution is -0.137. The van der Waals surface area contributed by atoms with Crippen molar-refractivity contribution in [3.8, 4) is 0 Å². The Morgan fingerprint density at radius 2 is 1.93 bits per heavy atom. The molecular formula is C20H26BrNO4S. The molecule has 1 aromatic carbocycles. The summed E-state index contributed by atoms with van der Waals surface area (Å²) in [5, 5.41) is 8.72. The van der Waals surface area contributed by atoms with Crippen LogP contribution in [0.25, 0.3) is 0 Å². The average molecular weight is 456 g/mol. The fraction of sp³-hybridized carbons (Fsp3) is 0.550. The summed E-state index contributed by atoms with van der Waals surface area (Å²) in [7, 11) is -3.50. The number of unbranched alkanes of at least 4 members (excludes halogenated alkanes) is 1. The number of carboxylic acids is 1. The number of hydrogen-bond donors (Lipinski definition) is 2. The quantitative estimate of drug-likeness (QED) is 0.431. The van der Waals surface area contributed by atoms with Crippen LogP contribution in [0.1, 0.15) is 38.5 Å². The van der Waals surface area contributed by atoms with Crippen LogP contribution in [0.2, 0.25) is 0 Å². The van der Waals surface area contributed by atoms with Crippen molar-refractivity contribution in [2.45, 2.75) is 43.4 Å². The van der Waals surface area contributed by atoms with Crippen molar-refractivity contribution in [1.29, 1.82) is 0 Å². The molecule has 0 unspecified atom stereocenters. The molecule has 0 radical (unpaired) electrons. The van der Waals surface area contributed by atoms with Crippen molar-refractivity contribution in [3.05, 3.63) is 40.9 Å². The number of halogens is 1. The van der Waals surface area contributed by atoms with Crippen LogP contribution >= 0.6 is 15.9 Å². The Morgan fingerprint density at radius 1 is 1.22 bits per heavy atom. The van der Waals surface area contributed by atoms with Crippen molar-refractivity contribution in [1.82, 2.24) is 4.72 Å². The summed E-state index contributed by atoms with van der Waals surface area (Å²) in [5.74, 6) is 1.17. The fourth-order valence-electron chi connectivity index (χ4n) is 4.59. The first-order chi connectivity index (χ1) is 12.9. The molecule has 3 rings (SSSR count). The van der Waals surface area contributed by atoms with Gasteiger partial charge in [-0.2, -0.15) is 0 Å². The van der Waals surface area contributed by atoms with Crippen LogP contribution in [0, 0.1) is 23.7 Å². The van der Waals surface area contributed by atoms with Gasteiger partial charge in [0.25, 0.3) is 0 Å². The van der Waals surface area contributed by atoms with Gasteiger partial charge in [-0.3, -0.25) is 4.79 Å². The lowest BCUT2D eigenvalue weighted by Gasteiger charge is -2.29. The second kappa shape index (κ2) is 8.88. The predicted octanol–water partition coefficient (Wildman–Crippen LogP) is 4.20. The number of nitrogens with one attached hydrogen (secondary N) is 1. The molecule has 148 valence electrons. The number of fused-ring (bicyclic) bond motifs is 2. The monoisotopic (exact) mass is 455 g/mol. The maximum atomic E-state index is 12.6. The first-order valence-electron chi connectivity index (χ1n) is 9.50. The molecule has 0 amide bonds. The van der Waals surface area contributed by atoms with Gasteiger partial charge in [-0.05, 0) is 80.0 Å². The second-order valence-electron chi connectivity index (χ2n) is 7.59. The van der Waals surface area contributed by atoms with Gasteiger partial charge in [0.1, 0.15) is 0 Å². The second-order valence-corrected chi connectivity index (χ2v) is 10.3. The summed E-state index contributed by atoms with van der Waals surface area (Å²) in [4.78, 5) is 10.9. The SMILES string of the molecule is O=C(O)CCC/C=C\[C@H]1[C@H]2CC[C@@H](C2)[C@@H]1CNS(=O)(=O)c1ccc(Br)cc1. The highest BCUT2D eigenvalue weighted by molar-refractivity contribution is 9.10. The van der Waals surface area contributed by atoms with Gasteiger partial charge in [0.05, 0.1) is 4.90 Å². The fourth-order valence-corrected chi connectivity index (χ4v) is 5.92. The molecule has 0 aromatic heterocycles. The van der Waals surface area contributed by atoms with Crippen LogP contribution < -0.4 is 4.72 Å². The molecule has 2 saturated carbocycles. The van der Waals surface area contributed by atoms with E-state index in [1.165, 1.54) is 19.3 Å². The third-order valence-electron chi connectivity index (χ3n) is 5.91. The van der Waals surface area contributed by atoms with E-state index in [4.69, 9.17) is 5.11 Å². The van der Waals surface area contributed by atoms with Gasteiger partial charge in [0, 0.05) is 17.4 Å². The highest BCUT2D eigenvalue weighted by Crippen LogP contribution is 2.52. The minimum Gasteiger partial charge on any atom is -0.481 e. The number of benzene rings is 1. The molecule has 0 saturated heterocycles.